The van der Waals surface area contributed by atoms with Gasteiger partial charge < -0.3 is 19.5 Å². The topological polar surface area (TPSA) is 82.6 Å². The molecule has 3 rings (SSSR count). The summed E-state index contributed by atoms with van der Waals surface area (Å²) < 4.78 is 15.5. The van der Waals surface area contributed by atoms with Gasteiger partial charge in [0.2, 0.25) is 0 Å². The van der Waals surface area contributed by atoms with Crippen molar-refractivity contribution in [2.75, 3.05) is 26.6 Å². The molecule has 0 atom stereocenters. The number of benzene rings is 1. The van der Waals surface area contributed by atoms with Crippen LogP contribution in [0.3, 0.4) is 0 Å². The number of aryl methyl sites for hydroxylation is 1. The molecule has 0 spiro atoms. The van der Waals surface area contributed by atoms with Crippen LogP contribution in [0.15, 0.2) is 36.5 Å². The van der Waals surface area contributed by atoms with Gasteiger partial charge in [0.15, 0.2) is 17.1 Å². The molecule has 142 valence electrons. The molecule has 1 N–H and O–H groups in total. The number of ether oxygens (including phenoxy) is 3. The van der Waals surface area contributed by atoms with Crippen LogP contribution in [-0.2, 0) is 4.74 Å². The van der Waals surface area contributed by atoms with Crippen LogP contribution in [0.5, 0.6) is 11.5 Å². The number of carbonyl (C=O) groups is 1. The number of rotatable bonds is 5. The molecule has 0 aliphatic carbocycles. The van der Waals surface area contributed by atoms with Crippen molar-refractivity contribution in [1.29, 1.82) is 0 Å². The van der Waals surface area contributed by atoms with Crippen molar-refractivity contribution in [3.05, 3.63) is 47.8 Å². The van der Waals surface area contributed by atoms with Crippen LogP contribution in [-0.4, -0.2) is 37.3 Å². The van der Waals surface area contributed by atoms with E-state index in [0.717, 1.165) is 11.4 Å². The van der Waals surface area contributed by atoms with Crippen molar-refractivity contribution in [3.8, 4) is 11.5 Å². The molecule has 0 aliphatic rings. The Morgan fingerprint density at radius 1 is 1.04 bits per heavy atom. The van der Waals surface area contributed by atoms with Crippen LogP contribution in [0, 0.1) is 6.92 Å². The molecule has 1 aromatic carbocycles. The second-order valence-electron chi connectivity index (χ2n) is 5.56. The molecule has 8 heteroatoms. The molecule has 0 saturated heterocycles. The number of pyridine rings is 2. The average molecular weight is 390 g/mol. The van der Waals surface area contributed by atoms with E-state index in [4.69, 9.17) is 14.2 Å². The minimum atomic E-state index is -0.483. The molecular formula is C19H20ClN3O4. The number of hydrogen-bond acceptors (Lipinski definition) is 7. The van der Waals surface area contributed by atoms with Crippen LogP contribution in [0.1, 0.15) is 16.1 Å². The zero-order chi connectivity index (χ0) is 18.7. The number of methoxy groups -OCH3 is 3. The summed E-state index contributed by atoms with van der Waals surface area (Å²) in [6.45, 7) is 1.89. The molecule has 0 bridgehead atoms. The van der Waals surface area contributed by atoms with Crippen LogP contribution in [0.4, 0.5) is 11.4 Å². The normalized spacial score (nSPS) is 10.1. The standard InChI is InChI=1S/C19H19N3O4.ClH/c1-11-5-7-13-17(14(19(23)26-4)10-20-18(13)21-11)22-12-6-8-15(24-2)16(9-12)25-3;/h5-10H,1-4H3,(H,20,21,22);1H. The monoisotopic (exact) mass is 389 g/mol. The molecule has 0 fully saturated rings. The number of carbonyl (C=O) groups excluding carboxylic acids is 1. The fraction of sp³-hybridized carbons (Fsp3) is 0.211. The molecule has 0 aliphatic heterocycles. The molecule has 0 saturated carbocycles. The second-order valence-corrected chi connectivity index (χ2v) is 5.56. The highest BCUT2D eigenvalue weighted by Crippen LogP contribution is 2.34. The van der Waals surface area contributed by atoms with Gasteiger partial charge in [-0.15, -0.1) is 12.4 Å². The second kappa shape index (κ2) is 8.55. The van der Waals surface area contributed by atoms with Crippen LogP contribution in [0.2, 0.25) is 0 Å². The lowest BCUT2D eigenvalue weighted by Gasteiger charge is -2.15. The number of aromatic nitrogens is 2. The summed E-state index contributed by atoms with van der Waals surface area (Å²) in [6.07, 6.45) is 1.46. The van der Waals surface area contributed by atoms with E-state index in [9.17, 15) is 4.79 Å². The van der Waals surface area contributed by atoms with Crippen LogP contribution >= 0.6 is 12.4 Å². The van der Waals surface area contributed by atoms with E-state index >= 15 is 0 Å². The van der Waals surface area contributed by atoms with Gasteiger partial charge in [-0.1, -0.05) is 0 Å². The highest BCUT2D eigenvalue weighted by atomic mass is 35.5. The van der Waals surface area contributed by atoms with Gasteiger partial charge in [-0.3, -0.25) is 0 Å². The van der Waals surface area contributed by atoms with E-state index < -0.39 is 5.97 Å². The summed E-state index contributed by atoms with van der Waals surface area (Å²) in [6, 6.07) is 9.14. The lowest BCUT2D eigenvalue weighted by atomic mass is 10.1. The number of nitrogens with zero attached hydrogens (tertiary/aromatic N) is 2. The molecule has 2 aromatic heterocycles. The Hall–Kier alpha value is -3.06. The third kappa shape index (κ3) is 4.03. The average Bonchev–Trinajstić information content (AvgIpc) is 2.67. The Labute approximate surface area is 163 Å². The summed E-state index contributed by atoms with van der Waals surface area (Å²) in [7, 11) is 4.47. The summed E-state index contributed by atoms with van der Waals surface area (Å²) in [5, 5.41) is 3.98. The summed E-state index contributed by atoms with van der Waals surface area (Å²) in [4.78, 5) is 20.9. The van der Waals surface area contributed by atoms with Gasteiger partial charge in [-0.05, 0) is 31.2 Å². The zero-order valence-corrected chi connectivity index (χ0v) is 16.2. The fourth-order valence-electron chi connectivity index (χ4n) is 2.63. The van der Waals surface area contributed by atoms with Crippen LogP contribution in [0.25, 0.3) is 11.0 Å². The van der Waals surface area contributed by atoms with Gasteiger partial charge in [-0.25, -0.2) is 14.8 Å². The molecule has 7 nitrogen and oxygen atoms in total. The number of hydrogen-bond donors (Lipinski definition) is 1. The molecular weight excluding hydrogens is 370 g/mol. The van der Waals surface area contributed by atoms with Gasteiger partial charge in [-0.2, -0.15) is 0 Å². The maximum Gasteiger partial charge on any atom is 0.341 e. The van der Waals surface area contributed by atoms with Gasteiger partial charge in [0.25, 0.3) is 0 Å². The predicted octanol–water partition coefficient (Wildman–Crippen LogP) is 3.91. The Kier molecular flexibility index (Phi) is 6.41. The summed E-state index contributed by atoms with van der Waals surface area (Å²) >= 11 is 0. The van der Waals surface area contributed by atoms with Crippen molar-refractivity contribution in [2.45, 2.75) is 6.92 Å². The van der Waals surface area contributed by atoms with E-state index in [2.05, 4.69) is 15.3 Å². The van der Waals surface area contributed by atoms with E-state index in [-0.39, 0.29) is 12.4 Å². The maximum atomic E-state index is 12.2. The fourth-order valence-corrected chi connectivity index (χ4v) is 2.63. The van der Waals surface area contributed by atoms with Crippen molar-refractivity contribution >= 4 is 40.8 Å². The first kappa shape index (κ1) is 20.3. The first-order valence-electron chi connectivity index (χ1n) is 7.91. The van der Waals surface area contributed by atoms with Crippen molar-refractivity contribution in [1.82, 2.24) is 9.97 Å². The van der Waals surface area contributed by atoms with E-state index in [1.165, 1.54) is 13.3 Å². The Morgan fingerprint density at radius 3 is 2.44 bits per heavy atom. The van der Waals surface area contributed by atoms with Gasteiger partial charge in [0, 0.05) is 29.0 Å². The van der Waals surface area contributed by atoms with Crippen LogP contribution < -0.4 is 14.8 Å². The zero-order valence-electron chi connectivity index (χ0n) is 15.4. The number of anilines is 2. The van der Waals surface area contributed by atoms with E-state index in [1.807, 2.05) is 25.1 Å². The smallest absolute Gasteiger partial charge is 0.341 e. The van der Waals surface area contributed by atoms with Gasteiger partial charge >= 0.3 is 5.97 Å². The largest absolute Gasteiger partial charge is 0.493 e. The van der Waals surface area contributed by atoms with Crippen molar-refractivity contribution in [2.24, 2.45) is 0 Å². The minimum absolute atomic E-state index is 0. The number of halogens is 1. The highest BCUT2D eigenvalue weighted by molar-refractivity contribution is 6.05. The Bertz CT molecular complexity index is 979. The highest BCUT2D eigenvalue weighted by Gasteiger charge is 2.17. The Morgan fingerprint density at radius 2 is 1.78 bits per heavy atom. The lowest BCUT2D eigenvalue weighted by molar-refractivity contribution is 0.0601. The number of nitrogens with one attached hydrogen (secondary N) is 1. The first-order valence-corrected chi connectivity index (χ1v) is 7.91. The molecule has 0 radical (unpaired) electrons. The quantitative estimate of drug-likeness (QED) is 0.662. The molecule has 0 amide bonds. The number of esters is 1. The van der Waals surface area contributed by atoms with Gasteiger partial charge in [0.1, 0.15) is 5.56 Å². The van der Waals surface area contributed by atoms with Gasteiger partial charge in [0.05, 0.1) is 27.0 Å². The van der Waals surface area contributed by atoms with Crippen molar-refractivity contribution in [3.63, 3.8) is 0 Å². The summed E-state index contributed by atoms with van der Waals surface area (Å²) in [5.74, 6) is 0.704. The predicted molar refractivity (Wildman–Crippen MR) is 106 cm³/mol. The first-order chi connectivity index (χ1) is 12.6. The molecule has 2 heterocycles. The maximum absolute atomic E-state index is 12.2. The third-order valence-corrected chi connectivity index (χ3v) is 3.93. The molecule has 3 aromatic rings. The van der Waals surface area contributed by atoms with E-state index in [0.29, 0.717) is 33.8 Å². The van der Waals surface area contributed by atoms with E-state index in [1.54, 1.807) is 26.4 Å². The lowest BCUT2D eigenvalue weighted by Crippen LogP contribution is -2.08. The molecule has 0 unspecified atom stereocenters. The molecule has 27 heavy (non-hydrogen) atoms. The Balaban J connectivity index is 0.00000261. The SMILES string of the molecule is COC(=O)c1cnc2nc(C)ccc2c1Nc1ccc(OC)c(OC)c1.Cl. The number of fused-ring (bicyclic) bond motifs is 1. The third-order valence-electron chi connectivity index (χ3n) is 3.93. The summed E-state index contributed by atoms with van der Waals surface area (Å²) in [5.41, 5.74) is 3.00. The van der Waals surface area contributed by atoms with Crippen molar-refractivity contribution < 1.29 is 19.0 Å². The minimum Gasteiger partial charge on any atom is -0.493 e.